The zero-order valence-corrected chi connectivity index (χ0v) is 25.0. The lowest BCUT2D eigenvalue weighted by molar-refractivity contribution is -0.132. The van der Waals surface area contributed by atoms with E-state index in [-0.39, 0.29) is 33.5 Å². The fourth-order valence-electron chi connectivity index (χ4n) is 5.09. The van der Waals surface area contributed by atoms with E-state index in [2.05, 4.69) is 16.3 Å². The molecular formula is C32H24FN3O6S2. The number of anilines is 1. The monoisotopic (exact) mass is 629 g/mol. The van der Waals surface area contributed by atoms with Crippen LogP contribution in [0.2, 0.25) is 0 Å². The minimum atomic E-state index is -1.18. The highest BCUT2D eigenvalue weighted by Gasteiger charge is 2.48. The van der Waals surface area contributed by atoms with E-state index in [1.165, 1.54) is 56.3 Å². The van der Waals surface area contributed by atoms with Crippen molar-refractivity contribution in [2.24, 2.45) is 0 Å². The SMILES string of the molecule is COc1cc([C@H]2C(=C(O)c3ccc(OC)c(F)c3)C(=O)C(=O)N2c2nnc(SCc3cccc4ccccc34)s2)ccc1O. The molecule has 2 N–H and O–H groups in total. The van der Waals surface area contributed by atoms with Crippen LogP contribution in [-0.4, -0.2) is 46.3 Å². The summed E-state index contributed by atoms with van der Waals surface area (Å²) < 4.78 is 25.4. The summed E-state index contributed by atoms with van der Waals surface area (Å²) in [5.74, 6) is -2.80. The van der Waals surface area contributed by atoms with Gasteiger partial charge in [-0.05, 0) is 52.2 Å². The Hall–Kier alpha value is -4.94. The number of fused-ring (bicyclic) bond motifs is 1. The van der Waals surface area contributed by atoms with Gasteiger partial charge in [-0.15, -0.1) is 10.2 Å². The number of phenols is 1. The first-order chi connectivity index (χ1) is 21.3. The molecular weight excluding hydrogens is 605 g/mol. The summed E-state index contributed by atoms with van der Waals surface area (Å²) in [6.45, 7) is 0. The predicted octanol–water partition coefficient (Wildman–Crippen LogP) is 6.47. The van der Waals surface area contributed by atoms with Crippen LogP contribution in [0.3, 0.4) is 0 Å². The first-order valence-electron chi connectivity index (χ1n) is 13.3. The first-order valence-corrected chi connectivity index (χ1v) is 15.1. The van der Waals surface area contributed by atoms with Crippen LogP contribution < -0.4 is 14.4 Å². The van der Waals surface area contributed by atoms with Gasteiger partial charge < -0.3 is 19.7 Å². The Morgan fingerprint density at radius 3 is 2.52 bits per heavy atom. The molecule has 0 bridgehead atoms. The fraction of sp³-hybridized carbons (Fsp3) is 0.125. The Balaban J connectivity index is 1.40. The van der Waals surface area contributed by atoms with Crippen molar-refractivity contribution in [3.05, 3.63) is 107 Å². The number of thioether (sulfide) groups is 1. The molecule has 2 heterocycles. The van der Waals surface area contributed by atoms with Crippen molar-refractivity contribution >= 4 is 56.5 Å². The number of nitrogens with zero attached hydrogens (tertiary/aromatic N) is 3. The van der Waals surface area contributed by atoms with Gasteiger partial charge in [0.1, 0.15) is 5.76 Å². The number of hydrogen-bond donors (Lipinski definition) is 2. The molecule has 0 spiro atoms. The van der Waals surface area contributed by atoms with Crippen LogP contribution in [0.4, 0.5) is 9.52 Å². The number of ether oxygens (including phenoxy) is 2. The van der Waals surface area contributed by atoms with Gasteiger partial charge in [0.05, 0.1) is 25.8 Å². The molecule has 1 amide bonds. The van der Waals surface area contributed by atoms with Gasteiger partial charge in [0.15, 0.2) is 27.4 Å². The summed E-state index contributed by atoms with van der Waals surface area (Å²) in [6.07, 6.45) is 0. The van der Waals surface area contributed by atoms with E-state index in [1.807, 2.05) is 36.4 Å². The molecule has 5 aromatic rings. The average Bonchev–Trinajstić information content (AvgIpc) is 3.61. The third kappa shape index (κ3) is 5.22. The number of benzene rings is 4. The van der Waals surface area contributed by atoms with Crippen molar-refractivity contribution in [2.75, 3.05) is 19.1 Å². The molecule has 1 saturated heterocycles. The molecule has 44 heavy (non-hydrogen) atoms. The molecule has 222 valence electrons. The summed E-state index contributed by atoms with van der Waals surface area (Å²) in [6, 6.07) is 21.0. The molecule has 6 rings (SSSR count). The first kappa shape index (κ1) is 29.1. The Bertz CT molecular complexity index is 1950. The number of phenolic OH excluding ortho intramolecular Hbond substituents is 1. The number of amides is 1. The van der Waals surface area contributed by atoms with E-state index in [1.54, 1.807) is 0 Å². The Labute approximate surface area is 259 Å². The standard InChI is InChI=1S/C32H24FN3O6S2/c1-41-24-13-11-19(14-22(24)33)28(38)26-27(18-10-12-23(37)25(15-18)42-2)36(30(40)29(26)39)31-34-35-32(44-31)43-16-20-8-5-7-17-6-3-4-9-21(17)20/h3-15,27,37-38H,16H2,1-2H3/t27-/m0/s1. The lowest BCUT2D eigenvalue weighted by atomic mass is 9.95. The van der Waals surface area contributed by atoms with Gasteiger partial charge in [0, 0.05) is 11.3 Å². The molecule has 1 fully saturated rings. The van der Waals surface area contributed by atoms with E-state index in [9.17, 15) is 24.2 Å². The van der Waals surface area contributed by atoms with Gasteiger partial charge in [0.25, 0.3) is 5.78 Å². The van der Waals surface area contributed by atoms with Crippen LogP contribution in [0.5, 0.6) is 17.2 Å². The van der Waals surface area contributed by atoms with Gasteiger partial charge in [-0.3, -0.25) is 14.5 Å². The Kier molecular flexibility index (Phi) is 7.93. The van der Waals surface area contributed by atoms with Gasteiger partial charge in [-0.2, -0.15) is 0 Å². The van der Waals surface area contributed by atoms with Crippen LogP contribution in [0.25, 0.3) is 16.5 Å². The molecule has 1 aliphatic rings. The number of aromatic hydroxyl groups is 1. The number of hydrogen-bond acceptors (Lipinski definition) is 10. The molecule has 9 nitrogen and oxygen atoms in total. The highest BCUT2D eigenvalue weighted by Crippen LogP contribution is 2.45. The number of carbonyl (C=O) groups excluding carboxylic acids is 2. The van der Waals surface area contributed by atoms with E-state index in [0.29, 0.717) is 15.7 Å². The molecule has 1 aromatic heterocycles. The summed E-state index contributed by atoms with van der Waals surface area (Å²) >= 11 is 2.56. The number of aromatic nitrogens is 2. The molecule has 0 unspecified atom stereocenters. The molecule has 1 atom stereocenters. The molecule has 12 heteroatoms. The van der Waals surface area contributed by atoms with Gasteiger partial charge in [-0.25, -0.2) is 4.39 Å². The van der Waals surface area contributed by atoms with Crippen molar-refractivity contribution in [2.45, 2.75) is 16.1 Å². The van der Waals surface area contributed by atoms with Gasteiger partial charge >= 0.3 is 5.91 Å². The quantitative estimate of drug-likeness (QED) is 0.0654. The van der Waals surface area contributed by atoms with E-state index >= 15 is 0 Å². The smallest absolute Gasteiger partial charge is 0.301 e. The topological polar surface area (TPSA) is 122 Å². The minimum Gasteiger partial charge on any atom is -0.507 e. The molecule has 0 aliphatic carbocycles. The second-order valence-electron chi connectivity index (χ2n) is 9.73. The fourth-order valence-corrected chi connectivity index (χ4v) is 6.97. The van der Waals surface area contributed by atoms with Crippen molar-refractivity contribution in [3.8, 4) is 17.2 Å². The van der Waals surface area contributed by atoms with E-state index in [4.69, 9.17) is 9.47 Å². The van der Waals surface area contributed by atoms with Crippen molar-refractivity contribution in [3.63, 3.8) is 0 Å². The molecule has 0 radical (unpaired) electrons. The van der Waals surface area contributed by atoms with Gasteiger partial charge in [-0.1, -0.05) is 71.6 Å². The van der Waals surface area contributed by atoms with Crippen molar-refractivity contribution < 1.29 is 33.7 Å². The van der Waals surface area contributed by atoms with Crippen LogP contribution in [-0.2, 0) is 15.3 Å². The second kappa shape index (κ2) is 12.0. The van der Waals surface area contributed by atoms with Crippen LogP contribution in [0, 0.1) is 5.82 Å². The second-order valence-corrected chi connectivity index (χ2v) is 11.9. The number of aliphatic hydroxyl groups excluding tert-OH is 1. The third-order valence-corrected chi connectivity index (χ3v) is 9.33. The molecule has 4 aromatic carbocycles. The number of ketones is 1. The van der Waals surface area contributed by atoms with Crippen molar-refractivity contribution in [1.29, 1.82) is 0 Å². The number of methoxy groups -OCH3 is 2. The Morgan fingerprint density at radius 1 is 0.977 bits per heavy atom. The highest BCUT2D eigenvalue weighted by molar-refractivity contribution is 8.00. The number of Topliss-reactive ketones (excluding diaryl/α,β-unsaturated/α-hetero) is 1. The molecule has 1 aliphatic heterocycles. The van der Waals surface area contributed by atoms with Crippen LogP contribution >= 0.6 is 23.1 Å². The summed E-state index contributed by atoms with van der Waals surface area (Å²) in [5.41, 5.74) is 1.14. The summed E-state index contributed by atoms with van der Waals surface area (Å²) in [4.78, 5) is 28.2. The number of rotatable bonds is 8. The third-order valence-electron chi connectivity index (χ3n) is 7.22. The maximum absolute atomic E-state index is 14.6. The predicted molar refractivity (Wildman–Crippen MR) is 166 cm³/mol. The largest absolute Gasteiger partial charge is 0.507 e. The number of halogens is 1. The van der Waals surface area contributed by atoms with E-state index in [0.717, 1.165) is 38.6 Å². The average molecular weight is 630 g/mol. The van der Waals surface area contributed by atoms with Gasteiger partial charge in [0.2, 0.25) is 5.13 Å². The zero-order chi connectivity index (χ0) is 31.0. The number of carbonyl (C=O) groups is 2. The summed E-state index contributed by atoms with van der Waals surface area (Å²) in [7, 11) is 2.67. The lowest BCUT2D eigenvalue weighted by Crippen LogP contribution is -2.29. The minimum absolute atomic E-state index is 0.0272. The Morgan fingerprint density at radius 2 is 1.75 bits per heavy atom. The summed E-state index contributed by atoms with van der Waals surface area (Å²) in [5, 5.41) is 32.4. The normalized spacial score (nSPS) is 16.1. The zero-order valence-electron chi connectivity index (χ0n) is 23.4. The van der Waals surface area contributed by atoms with E-state index < -0.39 is 29.3 Å². The number of aliphatic hydroxyl groups is 1. The lowest BCUT2D eigenvalue weighted by Gasteiger charge is -2.23. The maximum Gasteiger partial charge on any atom is 0.301 e. The molecule has 0 saturated carbocycles. The van der Waals surface area contributed by atoms with Crippen LogP contribution in [0.15, 0.2) is 88.8 Å². The van der Waals surface area contributed by atoms with Crippen molar-refractivity contribution in [1.82, 2.24) is 10.2 Å². The maximum atomic E-state index is 14.6. The highest BCUT2D eigenvalue weighted by atomic mass is 32.2. The van der Waals surface area contributed by atoms with Crippen LogP contribution in [0.1, 0.15) is 22.7 Å².